The van der Waals surface area contributed by atoms with Crippen molar-refractivity contribution in [3.05, 3.63) is 52.3 Å². The van der Waals surface area contributed by atoms with Gasteiger partial charge in [-0.15, -0.1) is 0 Å². The molecule has 21 heavy (non-hydrogen) atoms. The number of rotatable bonds is 3. The van der Waals surface area contributed by atoms with E-state index in [4.69, 9.17) is 11.6 Å². The third-order valence-electron chi connectivity index (χ3n) is 2.91. The Morgan fingerprint density at radius 2 is 1.86 bits per heavy atom. The van der Waals surface area contributed by atoms with Crippen LogP contribution in [0.5, 0.6) is 5.75 Å². The molecule has 4 nitrogen and oxygen atoms in total. The second-order valence-corrected chi connectivity index (χ2v) is 6.72. The lowest BCUT2D eigenvalue weighted by molar-refractivity contribution is 0.470. The monoisotopic (exact) mass is 329 g/mol. The zero-order valence-electron chi connectivity index (χ0n) is 11.3. The van der Waals surface area contributed by atoms with Gasteiger partial charge in [0.1, 0.15) is 5.75 Å². The van der Waals surface area contributed by atoms with Gasteiger partial charge in [-0.2, -0.15) is 0 Å². The van der Waals surface area contributed by atoms with Crippen molar-refractivity contribution >= 4 is 27.3 Å². The Morgan fingerprint density at radius 1 is 1.19 bits per heavy atom. The molecule has 0 saturated carbocycles. The van der Waals surface area contributed by atoms with Gasteiger partial charge in [0, 0.05) is 6.07 Å². The highest BCUT2D eigenvalue weighted by Gasteiger charge is 2.19. The van der Waals surface area contributed by atoms with Crippen LogP contribution in [0.15, 0.2) is 35.2 Å². The van der Waals surface area contributed by atoms with Crippen LogP contribution < -0.4 is 4.72 Å². The number of benzene rings is 2. The van der Waals surface area contributed by atoms with Gasteiger partial charge in [-0.25, -0.2) is 12.8 Å². The van der Waals surface area contributed by atoms with Crippen LogP contribution in [0.4, 0.5) is 10.1 Å². The van der Waals surface area contributed by atoms with Crippen LogP contribution >= 0.6 is 11.6 Å². The lowest BCUT2D eigenvalue weighted by Crippen LogP contribution is -2.15. The standard InChI is InChI=1S/C14H13ClFNO3S/c1-8-3-4-9(2)14(5-8)21(19,20)17-12-6-10(15)13(18)7-11(12)16/h3-7,17-18H,1-2H3. The number of halogens is 2. The van der Waals surface area contributed by atoms with Gasteiger partial charge in [-0.1, -0.05) is 23.7 Å². The fourth-order valence-corrected chi connectivity index (χ4v) is 3.36. The largest absolute Gasteiger partial charge is 0.506 e. The molecule has 0 saturated heterocycles. The number of sulfonamides is 1. The number of phenols is 1. The van der Waals surface area contributed by atoms with Gasteiger partial charge in [0.25, 0.3) is 10.0 Å². The second-order valence-electron chi connectivity index (χ2n) is 4.66. The molecule has 0 aromatic heterocycles. The first-order chi connectivity index (χ1) is 9.70. The molecule has 0 fully saturated rings. The average molecular weight is 330 g/mol. The third kappa shape index (κ3) is 3.28. The molecule has 0 amide bonds. The molecule has 0 bridgehead atoms. The first-order valence-corrected chi connectivity index (χ1v) is 7.85. The van der Waals surface area contributed by atoms with E-state index in [2.05, 4.69) is 4.72 Å². The summed E-state index contributed by atoms with van der Waals surface area (Å²) in [4.78, 5) is 0.0612. The van der Waals surface area contributed by atoms with Crippen LogP contribution in [0, 0.1) is 19.7 Å². The van der Waals surface area contributed by atoms with E-state index in [1.54, 1.807) is 26.0 Å². The molecule has 0 radical (unpaired) electrons. The molecule has 0 heterocycles. The Balaban J connectivity index is 2.47. The van der Waals surface area contributed by atoms with Gasteiger partial charge in [-0.05, 0) is 37.1 Å². The quantitative estimate of drug-likeness (QED) is 0.845. The highest BCUT2D eigenvalue weighted by Crippen LogP contribution is 2.30. The Labute approximate surface area is 127 Å². The second kappa shape index (κ2) is 5.54. The van der Waals surface area contributed by atoms with Crippen molar-refractivity contribution in [2.24, 2.45) is 0 Å². The summed E-state index contributed by atoms with van der Waals surface area (Å²) in [5, 5.41) is 9.13. The number of nitrogens with one attached hydrogen (secondary N) is 1. The minimum atomic E-state index is -3.95. The van der Waals surface area contributed by atoms with E-state index in [0.29, 0.717) is 5.56 Å². The number of anilines is 1. The topological polar surface area (TPSA) is 66.4 Å². The maximum absolute atomic E-state index is 13.7. The maximum atomic E-state index is 13.7. The normalized spacial score (nSPS) is 11.4. The molecule has 0 aliphatic heterocycles. The number of phenolic OH excluding ortho intramolecular Hbond substituents is 1. The molecule has 0 unspecified atom stereocenters. The minimum absolute atomic E-state index is 0.0612. The molecule has 0 aliphatic rings. The Bertz CT molecular complexity index is 806. The predicted octanol–water partition coefficient (Wildman–Crippen LogP) is 3.60. The predicted molar refractivity (Wildman–Crippen MR) is 79.8 cm³/mol. The van der Waals surface area contributed by atoms with Crippen molar-refractivity contribution in [3.8, 4) is 5.75 Å². The zero-order chi connectivity index (χ0) is 15.8. The lowest BCUT2D eigenvalue weighted by atomic mass is 10.2. The first-order valence-electron chi connectivity index (χ1n) is 5.99. The summed E-state index contributed by atoms with van der Waals surface area (Å²) in [5.41, 5.74) is 0.988. The van der Waals surface area contributed by atoms with Crippen molar-refractivity contribution < 1.29 is 17.9 Å². The number of aryl methyl sites for hydroxylation is 2. The van der Waals surface area contributed by atoms with Crippen LogP contribution in [0.2, 0.25) is 5.02 Å². The molecule has 2 rings (SSSR count). The SMILES string of the molecule is Cc1ccc(C)c(S(=O)(=O)Nc2cc(Cl)c(O)cc2F)c1. The summed E-state index contributed by atoms with van der Waals surface area (Å²) >= 11 is 5.67. The van der Waals surface area contributed by atoms with Gasteiger partial charge in [0.15, 0.2) is 5.82 Å². The molecule has 112 valence electrons. The highest BCUT2D eigenvalue weighted by molar-refractivity contribution is 7.92. The van der Waals surface area contributed by atoms with Crippen molar-refractivity contribution in [2.75, 3.05) is 4.72 Å². The summed E-state index contributed by atoms with van der Waals surface area (Å²) in [7, 11) is -3.95. The summed E-state index contributed by atoms with van der Waals surface area (Å²) in [6.07, 6.45) is 0. The van der Waals surface area contributed by atoms with Gasteiger partial charge in [-0.3, -0.25) is 4.72 Å². The van der Waals surface area contributed by atoms with E-state index in [1.165, 1.54) is 6.07 Å². The van der Waals surface area contributed by atoms with Gasteiger partial charge in [0.2, 0.25) is 0 Å². The van der Waals surface area contributed by atoms with E-state index in [9.17, 15) is 17.9 Å². The average Bonchev–Trinajstić information content (AvgIpc) is 2.38. The van der Waals surface area contributed by atoms with Crippen molar-refractivity contribution in [3.63, 3.8) is 0 Å². The van der Waals surface area contributed by atoms with E-state index in [1.807, 2.05) is 0 Å². The van der Waals surface area contributed by atoms with E-state index >= 15 is 0 Å². The van der Waals surface area contributed by atoms with Gasteiger partial charge >= 0.3 is 0 Å². The first kappa shape index (κ1) is 15.6. The lowest BCUT2D eigenvalue weighted by Gasteiger charge is -2.12. The molecule has 0 atom stereocenters. The number of hydrogen-bond donors (Lipinski definition) is 2. The molecule has 2 aromatic rings. The molecule has 2 N–H and O–H groups in total. The number of aromatic hydroxyl groups is 1. The smallest absolute Gasteiger partial charge is 0.262 e. The fraction of sp³-hybridized carbons (Fsp3) is 0.143. The molecular weight excluding hydrogens is 317 g/mol. The van der Waals surface area contributed by atoms with Crippen LogP contribution in [0.3, 0.4) is 0 Å². The zero-order valence-corrected chi connectivity index (χ0v) is 12.9. The van der Waals surface area contributed by atoms with Gasteiger partial charge < -0.3 is 5.11 Å². The Hall–Kier alpha value is -1.79. The molecular formula is C14H13ClFNO3S. The summed E-state index contributed by atoms with van der Waals surface area (Å²) in [6, 6.07) is 6.73. The molecule has 0 spiro atoms. The van der Waals surface area contributed by atoms with Crippen LogP contribution in [-0.2, 0) is 10.0 Å². The Morgan fingerprint density at radius 3 is 2.52 bits per heavy atom. The fourth-order valence-electron chi connectivity index (χ4n) is 1.81. The van der Waals surface area contributed by atoms with E-state index < -0.39 is 21.6 Å². The van der Waals surface area contributed by atoms with Crippen LogP contribution in [0.25, 0.3) is 0 Å². The molecule has 2 aromatic carbocycles. The summed E-state index contributed by atoms with van der Waals surface area (Å²) < 4.78 is 40.5. The van der Waals surface area contributed by atoms with Crippen LogP contribution in [-0.4, -0.2) is 13.5 Å². The minimum Gasteiger partial charge on any atom is -0.506 e. The molecule has 7 heteroatoms. The molecule has 0 aliphatic carbocycles. The summed E-state index contributed by atoms with van der Waals surface area (Å²) in [6.45, 7) is 3.41. The van der Waals surface area contributed by atoms with Gasteiger partial charge in [0.05, 0.1) is 15.6 Å². The summed E-state index contributed by atoms with van der Waals surface area (Å²) in [5.74, 6) is -1.37. The Kier molecular flexibility index (Phi) is 4.11. The highest BCUT2D eigenvalue weighted by atomic mass is 35.5. The third-order valence-corrected chi connectivity index (χ3v) is 4.72. The maximum Gasteiger partial charge on any atom is 0.262 e. The van der Waals surface area contributed by atoms with Crippen LogP contribution in [0.1, 0.15) is 11.1 Å². The van der Waals surface area contributed by atoms with E-state index in [-0.39, 0.29) is 15.6 Å². The number of hydrogen-bond acceptors (Lipinski definition) is 3. The van der Waals surface area contributed by atoms with Crippen molar-refractivity contribution in [1.29, 1.82) is 0 Å². The van der Waals surface area contributed by atoms with Crippen molar-refractivity contribution in [1.82, 2.24) is 0 Å². The van der Waals surface area contributed by atoms with Crippen molar-refractivity contribution in [2.45, 2.75) is 18.7 Å². The van der Waals surface area contributed by atoms with E-state index in [0.717, 1.165) is 17.7 Å².